The number of thiophene rings is 4. The Kier molecular flexibility index (Phi) is 27.2. The molecule has 0 spiro atoms. The molecule has 626 valence electrons. The third-order valence-electron chi connectivity index (χ3n) is 22.7. The number of hydrogen-bond acceptors (Lipinski definition) is 24. The Labute approximate surface area is 733 Å². The quantitative estimate of drug-likeness (QED) is 0.0645. The summed E-state index contributed by atoms with van der Waals surface area (Å²) >= 11 is 6.78. The molecule has 0 amide bonds. The highest BCUT2D eigenvalue weighted by molar-refractivity contribution is 7.16. The minimum atomic E-state index is -0.402. The molecule has 0 unspecified atom stereocenters. The number of ketones is 4. The average molecular weight is 1710 g/mol. The van der Waals surface area contributed by atoms with Gasteiger partial charge in [0.15, 0.2) is 23.3 Å². The topological polar surface area (TPSA) is 336 Å². The maximum Gasteiger partial charge on any atom is 0.163 e. The lowest BCUT2D eigenvalue weighted by Crippen LogP contribution is -2.11. The minimum absolute atomic E-state index is 0.0540. The van der Waals surface area contributed by atoms with E-state index in [1.54, 1.807) is 64.4 Å². The number of aliphatic imine (C=N–C) groups is 4. The molecule has 8 aromatic heterocycles. The van der Waals surface area contributed by atoms with Crippen LogP contribution < -0.4 is 0 Å². The van der Waals surface area contributed by atoms with Crippen molar-refractivity contribution in [1.82, 2.24) is 59.1 Å². The van der Waals surface area contributed by atoms with Crippen molar-refractivity contribution in [1.29, 1.82) is 21.0 Å². The van der Waals surface area contributed by atoms with Crippen molar-refractivity contribution >= 4 is 91.3 Å². The van der Waals surface area contributed by atoms with Gasteiger partial charge in [0.1, 0.15) is 90.6 Å². The van der Waals surface area contributed by atoms with Crippen LogP contribution in [0, 0.1) is 140 Å². The van der Waals surface area contributed by atoms with E-state index in [1.165, 1.54) is 36.2 Å². The number of carbonyl (C=O) groups is 4. The van der Waals surface area contributed by atoms with E-state index in [0.717, 1.165) is 142 Å². The van der Waals surface area contributed by atoms with Crippen molar-refractivity contribution in [2.45, 2.75) is 219 Å². The largest absolute Gasteiger partial charge is 0.300 e. The van der Waals surface area contributed by atoms with Gasteiger partial charge >= 0.3 is 0 Å². The number of unbranched alkanes of at least 4 members (excludes halogenated alkanes) is 1. The highest BCUT2D eigenvalue weighted by Crippen LogP contribution is 2.45. The van der Waals surface area contributed by atoms with Crippen molar-refractivity contribution in [3.8, 4) is 44.3 Å². The van der Waals surface area contributed by atoms with Gasteiger partial charge in [0.25, 0.3) is 0 Å². The summed E-state index contributed by atoms with van der Waals surface area (Å²) < 4.78 is 8.24. The number of carbonyl (C=O) groups excluding carboxylic acids is 4. The first-order valence-electron chi connectivity index (χ1n) is 41.4. The normalized spacial score (nSPS) is 15.1. The summed E-state index contributed by atoms with van der Waals surface area (Å²) in [7, 11) is 0. The Morgan fingerprint density at radius 2 is 0.577 bits per heavy atom. The molecule has 0 radical (unpaired) electrons. The Morgan fingerprint density at radius 3 is 0.789 bits per heavy atom. The first-order valence-corrected chi connectivity index (χ1v) is 44.7. The van der Waals surface area contributed by atoms with Crippen molar-refractivity contribution in [3.05, 3.63) is 252 Å². The van der Waals surface area contributed by atoms with Crippen LogP contribution in [-0.2, 0) is 19.2 Å². The van der Waals surface area contributed by atoms with E-state index >= 15 is 0 Å². The molecule has 0 saturated carbocycles. The molecule has 12 aromatic rings. The van der Waals surface area contributed by atoms with Crippen molar-refractivity contribution in [3.63, 3.8) is 0 Å². The van der Waals surface area contributed by atoms with E-state index in [4.69, 9.17) is 25.2 Å². The van der Waals surface area contributed by atoms with E-state index in [2.05, 4.69) is 169 Å². The molecule has 28 heteroatoms. The molecule has 0 aliphatic carbocycles. The van der Waals surface area contributed by atoms with Crippen LogP contribution in [0.4, 0.5) is 0 Å². The number of nitrogens with zero attached hydrogens (tertiary/aromatic N) is 20. The number of Topliss-reactive ketones (excluding diaryl/α,β-unsaturated/α-hetero) is 4. The summed E-state index contributed by atoms with van der Waals surface area (Å²) in [5.41, 5.74) is 18.4. The van der Waals surface area contributed by atoms with E-state index in [-0.39, 0.29) is 29.6 Å². The first kappa shape index (κ1) is 88.3. The lowest BCUT2D eigenvalue weighted by molar-refractivity contribution is -0.120. The molecule has 16 rings (SSSR count). The van der Waals surface area contributed by atoms with Gasteiger partial charge in [-0.25, -0.2) is 0 Å². The fourth-order valence-corrected chi connectivity index (χ4v) is 20.3. The van der Waals surface area contributed by atoms with Crippen molar-refractivity contribution in [2.75, 3.05) is 0 Å². The summed E-state index contributed by atoms with van der Waals surface area (Å²) in [4.78, 5) is 75.6. The van der Waals surface area contributed by atoms with E-state index in [1.807, 2.05) is 117 Å². The van der Waals surface area contributed by atoms with Crippen LogP contribution >= 0.6 is 45.3 Å². The summed E-state index contributed by atoms with van der Waals surface area (Å²) in [6, 6.07) is 37.0. The molecule has 0 bridgehead atoms. The summed E-state index contributed by atoms with van der Waals surface area (Å²) in [5.74, 6) is 7.58. The maximum absolute atomic E-state index is 12.8. The summed E-state index contributed by atoms with van der Waals surface area (Å²) in [5, 5.41) is 75.8. The average Bonchev–Trinajstić information content (AvgIpc) is 1.61. The molecule has 0 fully saturated rings. The molecule has 4 aliphatic rings. The smallest absolute Gasteiger partial charge is 0.163 e. The molecular weight excluding hydrogens is 1610 g/mol. The number of nitriles is 4. The van der Waals surface area contributed by atoms with Gasteiger partial charge in [-0.2, -0.15) is 21.0 Å². The van der Waals surface area contributed by atoms with Gasteiger partial charge in [-0.1, -0.05) is 89.6 Å². The molecule has 12 heterocycles. The zero-order chi connectivity index (χ0) is 88.1. The zero-order valence-corrected chi connectivity index (χ0v) is 76.0. The second-order valence-corrected chi connectivity index (χ2v) is 37.3. The maximum atomic E-state index is 12.8. The third-order valence-corrected chi connectivity index (χ3v) is 27.4. The number of fused-ring (bicyclic) bond motifs is 12. The fraction of sp³-hybridized carbons (Fsp3) is 0.368. The third kappa shape index (κ3) is 18.5. The number of aryl methyl sites for hydroxylation is 8. The van der Waals surface area contributed by atoms with Crippen LogP contribution in [0.25, 0.3) is 20.0 Å². The molecule has 4 aliphatic heterocycles. The lowest BCUT2D eigenvalue weighted by Gasteiger charge is -2.13. The van der Waals surface area contributed by atoms with Crippen LogP contribution in [0.2, 0.25) is 0 Å². The molecular formula is C95H98N20O4S4. The van der Waals surface area contributed by atoms with Crippen LogP contribution in [0.5, 0.6) is 0 Å². The minimum Gasteiger partial charge on any atom is -0.300 e. The van der Waals surface area contributed by atoms with Crippen LogP contribution in [-0.4, -0.2) is 105 Å². The molecule has 0 N–H and O–H groups in total. The summed E-state index contributed by atoms with van der Waals surface area (Å²) in [6.07, 6.45) is 6.44. The van der Waals surface area contributed by atoms with Crippen molar-refractivity contribution < 1.29 is 19.2 Å². The van der Waals surface area contributed by atoms with Gasteiger partial charge in [0, 0.05) is 109 Å². The number of rotatable bonds is 21. The molecule has 0 saturated heterocycles. The van der Waals surface area contributed by atoms with Gasteiger partial charge in [0.2, 0.25) is 0 Å². The highest BCUT2D eigenvalue weighted by atomic mass is 32.1. The van der Waals surface area contributed by atoms with Gasteiger partial charge in [-0.3, -0.25) is 57.4 Å². The number of hydrogen-bond donors (Lipinski definition) is 0. The molecule has 123 heavy (non-hydrogen) atoms. The Bertz CT molecular complexity index is 6200. The Morgan fingerprint density at radius 1 is 0.350 bits per heavy atom. The highest BCUT2D eigenvalue weighted by Gasteiger charge is 2.38. The molecule has 24 nitrogen and oxygen atoms in total. The van der Waals surface area contributed by atoms with E-state index < -0.39 is 24.2 Å². The van der Waals surface area contributed by atoms with Gasteiger partial charge in [-0.05, 0) is 192 Å². The lowest BCUT2D eigenvalue weighted by atomic mass is 9.98. The van der Waals surface area contributed by atoms with Gasteiger partial charge < -0.3 is 0 Å². The van der Waals surface area contributed by atoms with Crippen LogP contribution in [0.3, 0.4) is 0 Å². The Hall–Kier alpha value is -12.4. The molecule has 4 aromatic carbocycles. The predicted molar refractivity (Wildman–Crippen MR) is 484 cm³/mol. The van der Waals surface area contributed by atoms with Crippen LogP contribution in [0.1, 0.15) is 291 Å². The second-order valence-electron chi connectivity index (χ2n) is 32.5. The van der Waals surface area contributed by atoms with E-state index in [0.29, 0.717) is 95.9 Å². The zero-order valence-electron chi connectivity index (χ0n) is 72.7. The van der Waals surface area contributed by atoms with E-state index in [9.17, 15) is 35.0 Å². The summed E-state index contributed by atoms with van der Waals surface area (Å²) in [6.45, 7) is 36.7. The second kappa shape index (κ2) is 37.9. The van der Waals surface area contributed by atoms with Crippen LogP contribution in [0.15, 0.2) is 117 Å². The monoisotopic (exact) mass is 1710 g/mol. The number of aromatic nitrogens is 12. The fourth-order valence-electron chi connectivity index (χ4n) is 15.4. The number of benzene rings is 4. The van der Waals surface area contributed by atoms with Gasteiger partial charge in [0.05, 0.1) is 69.4 Å². The Balaban J connectivity index is 0.000000141. The SMILES string of the molecule is CC(=O)C[C@@H]1N=C(c2ccc(C#N)cc2)c2c(sc(C)c2C)-n2c(C)nnc21.CCCCC(=O)C[C@@H]1N=C(c2ccc(C#N)cc2)c2c(sc(C)c2C)-n2c(C)nnc21.Cc1sc2c(c1C)C(c1ccc(C#N)cc1)=N[C@@H](CC(=O)CCC(C)C)c1nnc(C)n1-2.Cc1sc2c(c1C)C(c1ccc(C#N)cc1)=N[C@@H](CC(=O)CCC(C)C)c1nnc(C)n1-2. The van der Waals surface area contributed by atoms with Gasteiger partial charge in [-0.15, -0.1) is 86.1 Å². The predicted octanol–water partition coefficient (Wildman–Crippen LogP) is 20.0. The first-order chi connectivity index (χ1) is 58.9. The molecule has 4 atom stereocenters. The van der Waals surface area contributed by atoms with Crippen molar-refractivity contribution in [2.24, 2.45) is 31.8 Å². The standard InChI is InChI=1S/2C25H27N5OS.C24H25N5OS.C21H19N5OS/c2*1-14(2)6-11-20(31)12-21-24-29-28-17(5)30(24)25-22(15(3)16(4)32-25)23(27-21)19-9-7-18(13-26)8-10-19;1-5-6-7-19(30)12-20-23-28-27-16(4)29(23)24-21(14(2)15(3)31-24)22(26-20)18-10-8-17(13-25)9-11-18;1-11(27)9-17-20-25-24-14(4)26(20)21-18(12(2)13(3)28-21)19(23-17)16-7-5-15(10-22)6-8-16/h2*7-10,14,21H,6,11-12H2,1-5H3;8-11,20H,5-7,12H2,1-4H3;5-8,17H,9H2,1-4H3/t2*21-;20-;17-/m0000/s1.